The van der Waals surface area contributed by atoms with Gasteiger partial charge in [0.1, 0.15) is 12.1 Å². The molecule has 222 valence electrons. The van der Waals surface area contributed by atoms with Gasteiger partial charge in [0, 0.05) is 18.5 Å². The molecule has 2 atom stereocenters. The Labute approximate surface area is 256 Å². The molecule has 1 saturated heterocycles. The molecule has 4 rings (SSSR count). The molecule has 1 aromatic heterocycles. The molecular weight excluding hydrogens is 587 g/mol. The van der Waals surface area contributed by atoms with Crippen molar-refractivity contribution >= 4 is 60.1 Å². The largest absolute Gasteiger partial charge is 0.374 e. The SMILES string of the molecule is CC(C)(N)C(=O)N[C@H](COCc1ccccc1)C(=O)Nc1cn(C(C(=O)N2CCSC2)c2ccccc2)cn1.Cl.Cl. The lowest BCUT2D eigenvalue weighted by Gasteiger charge is -2.24. The maximum Gasteiger partial charge on any atom is 0.251 e. The number of nitrogens with one attached hydrogen (secondary N) is 2. The van der Waals surface area contributed by atoms with E-state index in [1.165, 1.54) is 6.33 Å². The van der Waals surface area contributed by atoms with Crippen LogP contribution in [0.25, 0.3) is 0 Å². The molecule has 2 heterocycles. The lowest BCUT2D eigenvalue weighted by atomic mass is 10.1. The minimum atomic E-state index is -1.18. The molecule has 0 spiro atoms. The van der Waals surface area contributed by atoms with Crippen LogP contribution in [0, 0.1) is 0 Å². The highest BCUT2D eigenvalue weighted by molar-refractivity contribution is 7.99. The van der Waals surface area contributed by atoms with Crippen LogP contribution < -0.4 is 16.4 Å². The number of carbonyl (C=O) groups is 3. The summed E-state index contributed by atoms with van der Waals surface area (Å²) in [4.78, 5) is 45.4. The van der Waals surface area contributed by atoms with E-state index in [0.717, 1.165) is 16.9 Å². The van der Waals surface area contributed by atoms with Crippen LogP contribution in [0.5, 0.6) is 0 Å². The normalized spacial score (nSPS) is 14.3. The van der Waals surface area contributed by atoms with Gasteiger partial charge in [-0.05, 0) is 25.0 Å². The van der Waals surface area contributed by atoms with Crippen molar-refractivity contribution in [2.75, 3.05) is 30.1 Å². The molecule has 4 N–H and O–H groups in total. The summed E-state index contributed by atoms with van der Waals surface area (Å²) >= 11 is 1.71. The number of ether oxygens (including phenoxy) is 1. The number of hydrogen-bond acceptors (Lipinski definition) is 7. The lowest BCUT2D eigenvalue weighted by Crippen LogP contribution is -2.56. The quantitative estimate of drug-likeness (QED) is 0.299. The topological polar surface area (TPSA) is 132 Å². The zero-order valence-corrected chi connectivity index (χ0v) is 25.3. The van der Waals surface area contributed by atoms with Gasteiger partial charge >= 0.3 is 0 Å². The summed E-state index contributed by atoms with van der Waals surface area (Å²) in [6.07, 6.45) is 3.14. The highest BCUT2D eigenvalue weighted by Crippen LogP contribution is 2.25. The first-order chi connectivity index (χ1) is 18.7. The van der Waals surface area contributed by atoms with Crippen LogP contribution in [0.1, 0.15) is 31.0 Å². The van der Waals surface area contributed by atoms with Gasteiger partial charge < -0.3 is 30.6 Å². The molecule has 41 heavy (non-hydrogen) atoms. The van der Waals surface area contributed by atoms with E-state index >= 15 is 0 Å². The predicted octanol–water partition coefficient (Wildman–Crippen LogP) is 3.23. The number of rotatable bonds is 11. The molecule has 0 radical (unpaired) electrons. The van der Waals surface area contributed by atoms with Gasteiger partial charge in [-0.3, -0.25) is 14.4 Å². The van der Waals surface area contributed by atoms with Crippen molar-refractivity contribution in [1.29, 1.82) is 0 Å². The van der Waals surface area contributed by atoms with Gasteiger partial charge in [-0.25, -0.2) is 4.98 Å². The van der Waals surface area contributed by atoms with E-state index in [-0.39, 0.29) is 49.8 Å². The monoisotopic (exact) mass is 622 g/mol. The third-order valence-corrected chi connectivity index (χ3v) is 7.13. The van der Waals surface area contributed by atoms with Crippen LogP contribution in [0.3, 0.4) is 0 Å². The molecule has 0 bridgehead atoms. The van der Waals surface area contributed by atoms with E-state index in [1.54, 1.807) is 36.4 Å². The van der Waals surface area contributed by atoms with Crippen molar-refractivity contribution < 1.29 is 19.1 Å². The number of aromatic nitrogens is 2. The molecule has 1 unspecified atom stereocenters. The summed E-state index contributed by atoms with van der Waals surface area (Å²) in [6.45, 7) is 4.01. The standard InChI is InChI=1S/C28H34N6O4S.2ClH/c1-28(2,29)27(37)31-22(17-38-16-20-9-5-3-6-10-20)25(35)32-23-15-34(18-30-23)24(21-11-7-4-8-12-21)26(36)33-13-14-39-19-33;;/h3-12,15,18,22,24H,13-14,16-17,19,29H2,1-2H3,(H,31,37)(H,32,35);2*1H/t22-,24?;;/m1../s1. The van der Waals surface area contributed by atoms with Gasteiger partial charge in [0.2, 0.25) is 5.91 Å². The summed E-state index contributed by atoms with van der Waals surface area (Å²) in [5.74, 6) is 0.754. The number of amides is 3. The fourth-order valence-electron chi connectivity index (χ4n) is 3.99. The number of nitrogens with two attached hydrogens (primary N) is 1. The molecule has 13 heteroatoms. The van der Waals surface area contributed by atoms with Crippen molar-refractivity contribution in [1.82, 2.24) is 19.8 Å². The number of hydrogen-bond donors (Lipinski definition) is 3. The second-order valence-corrected chi connectivity index (χ2v) is 11.0. The summed E-state index contributed by atoms with van der Waals surface area (Å²) in [7, 11) is 0. The Hall–Kier alpha value is -3.09. The van der Waals surface area contributed by atoms with Crippen LogP contribution in [0.2, 0.25) is 0 Å². The predicted molar refractivity (Wildman–Crippen MR) is 165 cm³/mol. The van der Waals surface area contributed by atoms with E-state index in [1.807, 2.05) is 65.6 Å². The highest BCUT2D eigenvalue weighted by atomic mass is 35.5. The number of halogens is 2. The number of benzene rings is 2. The molecule has 1 fully saturated rings. The van der Waals surface area contributed by atoms with E-state index in [9.17, 15) is 14.4 Å². The molecule has 1 aliphatic rings. The average Bonchev–Trinajstić information content (AvgIpc) is 3.62. The third kappa shape index (κ3) is 9.47. The first-order valence-electron chi connectivity index (χ1n) is 12.7. The van der Waals surface area contributed by atoms with Crippen molar-refractivity contribution in [3.8, 4) is 0 Å². The number of thioether (sulfide) groups is 1. The molecule has 2 aromatic carbocycles. The highest BCUT2D eigenvalue weighted by Gasteiger charge is 2.31. The van der Waals surface area contributed by atoms with Crippen molar-refractivity contribution in [3.63, 3.8) is 0 Å². The molecule has 3 aromatic rings. The first kappa shape index (κ1) is 34.1. The van der Waals surface area contributed by atoms with E-state index in [4.69, 9.17) is 10.5 Å². The Bertz CT molecular complexity index is 1270. The smallest absolute Gasteiger partial charge is 0.251 e. The van der Waals surface area contributed by atoms with Gasteiger partial charge in [0.25, 0.3) is 11.8 Å². The number of carbonyl (C=O) groups excluding carboxylic acids is 3. The first-order valence-corrected chi connectivity index (χ1v) is 13.8. The van der Waals surface area contributed by atoms with Gasteiger partial charge in [0.05, 0.1) is 31.0 Å². The fourth-order valence-corrected chi connectivity index (χ4v) is 4.95. The Morgan fingerprint density at radius 3 is 2.34 bits per heavy atom. The molecule has 3 amide bonds. The minimum absolute atomic E-state index is 0. The van der Waals surface area contributed by atoms with Gasteiger partial charge in [0.15, 0.2) is 5.82 Å². The van der Waals surface area contributed by atoms with Gasteiger partial charge in [-0.2, -0.15) is 0 Å². The zero-order valence-electron chi connectivity index (χ0n) is 22.9. The number of nitrogens with zero attached hydrogens (tertiary/aromatic N) is 3. The summed E-state index contributed by atoms with van der Waals surface area (Å²) in [5, 5.41) is 5.42. The Morgan fingerprint density at radius 1 is 1.07 bits per heavy atom. The summed E-state index contributed by atoms with van der Waals surface area (Å²) in [5.41, 5.74) is 6.51. The van der Waals surface area contributed by atoms with Crippen LogP contribution in [-0.2, 0) is 25.7 Å². The summed E-state index contributed by atoms with van der Waals surface area (Å²) < 4.78 is 7.44. The van der Waals surface area contributed by atoms with Crippen molar-refractivity contribution in [3.05, 3.63) is 84.3 Å². The lowest BCUT2D eigenvalue weighted by molar-refractivity contribution is -0.132. The fraction of sp³-hybridized carbons (Fsp3) is 0.357. The third-order valence-electron chi connectivity index (χ3n) is 6.17. The maximum atomic E-state index is 13.4. The number of imidazole rings is 1. The zero-order chi connectivity index (χ0) is 27.8. The van der Waals surface area contributed by atoms with Crippen LogP contribution in [0.4, 0.5) is 5.82 Å². The minimum Gasteiger partial charge on any atom is -0.374 e. The van der Waals surface area contributed by atoms with Crippen LogP contribution in [0.15, 0.2) is 73.2 Å². The Morgan fingerprint density at radius 2 is 1.73 bits per heavy atom. The molecular formula is C28H36Cl2N6O4S. The van der Waals surface area contributed by atoms with E-state index in [2.05, 4.69) is 15.6 Å². The number of anilines is 1. The van der Waals surface area contributed by atoms with Crippen molar-refractivity contribution in [2.45, 2.75) is 38.1 Å². The maximum absolute atomic E-state index is 13.4. The van der Waals surface area contributed by atoms with Gasteiger partial charge in [-0.15, -0.1) is 36.6 Å². The Kier molecular flexibility index (Phi) is 13.1. The van der Waals surface area contributed by atoms with E-state index in [0.29, 0.717) is 12.4 Å². The second kappa shape index (κ2) is 15.8. The average molecular weight is 624 g/mol. The molecule has 10 nitrogen and oxygen atoms in total. The summed E-state index contributed by atoms with van der Waals surface area (Å²) in [6, 6.07) is 17.3. The second-order valence-electron chi connectivity index (χ2n) is 9.90. The molecule has 0 saturated carbocycles. The van der Waals surface area contributed by atoms with Crippen molar-refractivity contribution in [2.24, 2.45) is 5.73 Å². The van der Waals surface area contributed by atoms with Crippen LogP contribution in [-0.4, -0.2) is 68.5 Å². The Balaban J connectivity index is 0.00000294. The molecule has 1 aliphatic heterocycles. The van der Waals surface area contributed by atoms with E-state index < -0.39 is 29.4 Å². The molecule has 0 aliphatic carbocycles. The van der Waals surface area contributed by atoms with Gasteiger partial charge in [-0.1, -0.05) is 60.7 Å². The van der Waals surface area contributed by atoms with Crippen LogP contribution >= 0.6 is 36.6 Å².